The number of hydrogen-bond acceptors (Lipinski definition) is 6. The normalized spacial score (nSPS) is 14.4. The lowest BCUT2D eigenvalue weighted by molar-refractivity contribution is -0.138. The fourth-order valence-corrected chi connectivity index (χ4v) is 5.08. The van der Waals surface area contributed by atoms with Crippen molar-refractivity contribution in [2.75, 3.05) is 36.0 Å². The molecule has 0 unspecified atom stereocenters. The Kier molecular flexibility index (Phi) is 6.54. The van der Waals surface area contributed by atoms with Gasteiger partial charge in [-0.05, 0) is 44.5 Å². The highest BCUT2D eigenvalue weighted by molar-refractivity contribution is 5.81. The predicted octanol–water partition coefficient (Wildman–Crippen LogP) is 4.64. The van der Waals surface area contributed by atoms with Crippen LogP contribution >= 0.6 is 0 Å². The molecule has 0 N–H and O–H groups in total. The number of halogens is 4. The van der Waals surface area contributed by atoms with Gasteiger partial charge >= 0.3 is 6.18 Å². The second-order valence-electron chi connectivity index (χ2n) is 9.42. The van der Waals surface area contributed by atoms with Crippen molar-refractivity contribution >= 4 is 22.5 Å². The number of piperazine rings is 1. The number of fused-ring (bicyclic) bond motifs is 1. The van der Waals surface area contributed by atoms with Gasteiger partial charge in [-0.25, -0.2) is 9.37 Å². The number of para-hydroxylation sites is 1. The summed E-state index contributed by atoms with van der Waals surface area (Å²) in [5.41, 5.74) is 1.83. The van der Waals surface area contributed by atoms with Crippen molar-refractivity contribution in [3.63, 3.8) is 0 Å². The van der Waals surface area contributed by atoms with Gasteiger partial charge in [-0.15, -0.1) is 0 Å². The summed E-state index contributed by atoms with van der Waals surface area (Å²) in [4.78, 5) is 30.7. The van der Waals surface area contributed by atoms with Crippen LogP contribution in [0.5, 0.6) is 0 Å². The van der Waals surface area contributed by atoms with Crippen LogP contribution in [0.3, 0.4) is 0 Å². The Morgan fingerprint density at radius 2 is 1.61 bits per heavy atom. The van der Waals surface area contributed by atoms with Gasteiger partial charge in [0.2, 0.25) is 0 Å². The fraction of sp³-hybridized carbons (Fsp3) is 0.333. The summed E-state index contributed by atoms with van der Waals surface area (Å²) in [5.74, 6) is -0.302. The number of benzene rings is 1. The Morgan fingerprint density at radius 1 is 0.921 bits per heavy atom. The third-order valence-corrected chi connectivity index (χ3v) is 6.89. The van der Waals surface area contributed by atoms with Crippen LogP contribution in [0.1, 0.15) is 28.1 Å². The summed E-state index contributed by atoms with van der Waals surface area (Å²) in [5, 5.41) is 0. The van der Waals surface area contributed by atoms with Gasteiger partial charge in [0, 0.05) is 44.1 Å². The lowest BCUT2D eigenvalue weighted by Crippen LogP contribution is -2.49. The number of alkyl halides is 3. The molecule has 38 heavy (non-hydrogen) atoms. The zero-order valence-corrected chi connectivity index (χ0v) is 21.2. The average Bonchev–Trinajstić information content (AvgIpc) is 2.87. The zero-order chi connectivity index (χ0) is 27.2. The van der Waals surface area contributed by atoms with Gasteiger partial charge in [-0.1, -0.05) is 12.1 Å². The van der Waals surface area contributed by atoms with Crippen molar-refractivity contribution in [2.24, 2.45) is 0 Å². The van der Waals surface area contributed by atoms with Crippen molar-refractivity contribution in [2.45, 2.75) is 33.5 Å². The maximum Gasteiger partial charge on any atom is 0.418 e. The Balaban J connectivity index is 1.57. The minimum atomic E-state index is -4.63. The van der Waals surface area contributed by atoms with Gasteiger partial charge in [-0.2, -0.15) is 13.2 Å². The van der Waals surface area contributed by atoms with Crippen LogP contribution in [0, 0.1) is 26.6 Å². The number of anilines is 2. The third kappa shape index (κ3) is 4.57. The quantitative estimate of drug-likeness (QED) is 0.361. The summed E-state index contributed by atoms with van der Waals surface area (Å²) in [6.07, 6.45) is -1.79. The van der Waals surface area contributed by atoms with Crippen LogP contribution < -0.4 is 15.4 Å². The summed E-state index contributed by atoms with van der Waals surface area (Å²) >= 11 is 0. The second kappa shape index (κ2) is 9.70. The Labute approximate surface area is 216 Å². The topological polar surface area (TPSA) is 67.2 Å². The van der Waals surface area contributed by atoms with Crippen molar-refractivity contribution in [3.8, 4) is 0 Å². The van der Waals surface area contributed by atoms with Gasteiger partial charge < -0.3 is 9.80 Å². The first kappa shape index (κ1) is 25.6. The molecule has 4 heterocycles. The SMILES string of the molecule is Cc1cnc2c(C)c(N3CCN(c4c(C)cccc4F)CC3)c(=O)n(Cc3ncccc3C(F)(F)F)c2n1. The first-order valence-corrected chi connectivity index (χ1v) is 12.2. The van der Waals surface area contributed by atoms with E-state index in [1.165, 1.54) is 22.9 Å². The van der Waals surface area contributed by atoms with Crippen molar-refractivity contribution in [3.05, 3.63) is 87.0 Å². The van der Waals surface area contributed by atoms with Gasteiger partial charge in [0.05, 0.1) is 29.2 Å². The highest BCUT2D eigenvalue weighted by Crippen LogP contribution is 2.32. The molecule has 0 aliphatic carbocycles. The molecule has 1 fully saturated rings. The minimum absolute atomic E-state index is 0.204. The first-order chi connectivity index (χ1) is 18.1. The van der Waals surface area contributed by atoms with E-state index in [0.717, 1.165) is 11.6 Å². The zero-order valence-electron chi connectivity index (χ0n) is 21.2. The highest BCUT2D eigenvalue weighted by atomic mass is 19.4. The van der Waals surface area contributed by atoms with E-state index in [1.54, 1.807) is 26.1 Å². The monoisotopic (exact) mass is 526 g/mol. The molecule has 0 atom stereocenters. The van der Waals surface area contributed by atoms with E-state index in [4.69, 9.17) is 0 Å². The molecule has 3 aromatic heterocycles. The highest BCUT2D eigenvalue weighted by Gasteiger charge is 2.34. The number of hydrogen-bond donors (Lipinski definition) is 0. The van der Waals surface area contributed by atoms with Crippen molar-refractivity contribution in [1.82, 2.24) is 19.5 Å². The van der Waals surface area contributed by atoms with Crippen molar-refractivity contribution < 1.29 is 17.6 Å². The van der Waals surface area contributed by atoms with E-state index in [9.17, 15) is 22.4 Å². The summed E-state index contributed by atoms with van der Waals surface area (Å²) in [7, 11) is 0. The van der Waals surface area contributed by atoms with E-state index in [1.807, 2.05) is 22.8 Å². The summed E-state index contributed by atoms with van der Waals surface area (Å²) in [6, 6.07) is 7.11. The molecule has 4 aromatic rings. The average molecular weight is 527 g/mol. The second-order valence-corrected chi connectivity index (χ2v) is 9.42. The molecule has 0 radical (unpaired) electrons. The Bertz CT molecular complexity index is 1550. The standard InChI is InChI=1S/C27H26F4N6O/c1-16-6-4-8-20(28)23(16)35-10-12-36(13-11-35)24-18(3)22-25(34-17(2)14-33-22)37(26(24)38)15-21-19(27(29,30)31)7-5-9-32-21/h4-9,14H,10-13,15H2,1-3H3. The molecule has 1 saturated heterocycles. The molecule has 5 rings (SSSR count). The maximum absolute atomic E-state index is 14.6. The molecule has 1 aromatic carbocycles. The van der Waals surface area contributed by atoms with Gasteiger partial charge in [0.15, 0.2) is 5.65 Å². The minimum Gasteiger partial charge on any atom is -0.365 e. The fourth-order valence-electron chi connectivity index (χ4n) is 5.08. The summed E-state index contributed by atoms with van der Waals surface area (Å²) < 4.78 is 56.9. The predicted molar refractivity (Wildman–Crippen MR) is 137 cm³/mol. The number of aryl methyl sites for hydroxylation is 3. The molecule has 0 saturated carbocycles. The molecular weight excluding hydrogens is 500 g/mol. The lowest BCUT2D eigenvalue weighted by atomic mass is 10.1. The summed E-state index contributed by atoms with van der Waals surface area (Å²) in [6.45, 7) is 6.69. The van der Waals surface area contributed by atoms with E-state index in [2.05, 4.69) is 15.0 Å². The van der Waals surface area contributed by atoms with Crippen LogP contribution in [-0.2, 0) is 12.7 Å². The van der Waals surface area contributed by atoms with Crippen LogP contribution in [0.4, 0.5) is 28.9 Å². The first-order valence-electron chi connectivity index (χ1n) is 12.2. The number of pyridine rings is 2. The lowest BCUT2D eigenvalue weighted by Gasteiger charge is -2.38. The van der Waals surface area contributed by atoms with Gasteiger partial charge in [0.25, 0.3) is 5.56 Å². The third-order valence-electron chi connectivity index (χ3n) is 6.89. The molecule has 0 spiro atoms. The Hall–Kier alpha value is -4.02. The molecule has 0 bridgehead atoms. The van der Waals surface area contributed by atoms with Crippen molar-refractivity contribution in [1.29, 1.82) is 0 Å². The molecule has 0 amide bonds. The Morgan fingerprint density at radius 3 is 2.26 bits per heavy atom. The van der Waals surface area contributed by atoms with Crippen LogP contribution in [0.2, 0.25) is 0 Å². The molecular formula is C27H26F4N6O. The number of nitrogens with zero attached hydrogens (tertiary/aromatic N) is 6. The maximum atomic E-state index is 14.6. The van der Waals surface area contributed by atoms with E-state index >= 15 is 0 Å². The van der Waals surface area contributed by atoms with Crippen LogP contribution in [0.25, 0.3) is 11.2 Å². The van der Waals surface area contributed by atoms with Gasteiger partial charge in [-0.3, -0.25) is 19.3 Å². The van der Waals surface area contributed by atoms with E-state index in [-0.39, 0.29) is 17.2 Å². The number of rotatable bonds is 4. The molecule has 1 aliphatic heterocycles. The molecule has 198 valence electrons. The van der Waals surface area contributed by atoms with Gasteiger partial charge in [0.1, 0.15) is 17.0 Å². The number of aromatic nitrogens is 4. The van der Waals surface area contributed by atoms with Crippen LogP contribution in [0.15, 0.2) is 47.5 Å². The largest absolute Gasteiger partial charge is 0.418 e. The molecule has 7 nitrogen and oxygen atoms in total. The molecule has 11 heteroatoms. The van der Waals surface area contributed by atoms with E-state index < -0.39 is 23.8 Å². The molecule has 1 aliphatic rings. The smallest absolute Gasteiger partial charge is 0.365 e. The van der Waals surface area contributed by atoms with E-state index in [0.29, 0.717) is 54.3 Å². The van der Waals surface area contributed by atoms with Crippen LogP contribution in [-0.4, -0.2) is 45.7 Å².